The SMILES string of the molecule is NC(=O)c1ccc(S(=O)(=O)Oc2c(I)cc(Cl)c3cccnc23)cc1. The van der Waals surface area contributed by atoms with Gasteiger partial charge in [0.25, 0.3) is 0 Å². The molecule has 3 rings (SSSR count). The number of nitrogens with zero attached hydrogens (tertiary/aromatic N) is 1. The third kappa shape index (κ3) is 3.55. The Morgan fingerprint density at radius 3 is 2.52 bits per heavy atom. The topological polar surface area (TPSA) is 99.4 Å². The average Bonchev–Trinajstić information content (AvgIpc) is 2.59. The van der Waals surface area contributed by atoms with Crippen molar-refractivity contribution < 1.29 is 17.4 Å². The van der Waals surface area contributed by atoms with E-state index < -0.39 is 16.0 Å². The predicted molar refractivity (Wildman–Crippen MR) is 102 cm³/mol. The summed E-state index contributed by atoms with van der Waals surface area (Å²) in [6, 6.07) is 10.2. The smallest absolute Gasteiger partial charge is 0.339 e. The minimum Gasteiger partial charge on any atom is -0.375 e. The van der Waals surface area contributed by atoms with Crippen LogP contribution in [0.15, 0.2) is 53.6 Å². The fourth-order valence-corrected chi connectivity index (χ4v) is 4.40. The molecule has 0 aliphatic heterocycles. The molecule has 0 spiro atoms. The van der Waals surface area contributed by atoms with Crippen LogP contribution in [0.5, 0.6) is 5.75 Å². The largest absolute Gasteiger partial charge is 0.375 e. The zero-order chi connectivity index (χ0) is 18.2. The first-order chi connectivity index (χ1) is 11.8. The highest BCUT2D eigenvalue weighted by Crippen LogP contribution is 2.36. The maximum Gasteiger partial charge on any atom is 0.339 e. The van der Waals surface area contributed by atoms with E-state index in [1.165, 1.54) is 30.5 Å². The van der Waals surface area contributed by atoms with Gasteiger partial charge in [-0.2, -0.15) is 8.42 Å². The van der Waals surface area contributed by atoms with Crippen LogP contribution in [0.3, 0.4) is 0 Å². The molecule has 0 unspecified atom stereocenters. The first-order valence-corrected chi connectivity index (χ1v) is 9.73. The van der Waals surface area contributed by atoms with Gasteiger partial charge in [-0.05, 0) is 65.1 Å². The van der Waals surface area contributed by atoms with Gasteiger partial charge in [-0.25, -0.2) is 0 Å². The minimum absolute atomic E-state index is 0.0968. The minimum atomic E-state index is -4.12. The van der Waals surface area contributed by atoms with Crippen molar-refractivity contribution in [1.29, 1.82) is 0 Å². The lowest BCUT2D eigenvalue weighted by molar-refractivity contribution is 0.1000. The number of nitrogens with two attached hydrogens (primary N) is 1. The molecule has 0 bridgehead atoms. The second-order valence-corrected chi connectivity index (χ2v) is 8.11. The van der Waals surface area contributed by atoms with Crippen molar-refractivity contribution in [2.24, 2.45) is 5.73 Å². The fraction of sp³-hybridized carbons (Fsp3) is 0. The molecule has 0 fully saturated rings. The van der Waals surface area contributed by atoms with Crippen LogP contribution in [0.2, 0.25) is 5.02 Å². The van der Waals surface area contributed by atoms with E-state index in [0.717, 1.165) is 0 Å². The summed E-state index contributed by atoms with van der Waals surface area (Å²) in [5, 5.41) is 1.03. The Hall–Kier alpha value is -1.91. The van der Waals surface area contributed by atoms with E-state index in [1.54, 1.807) is 18.2 Å². The van der Waals surface area contributed by atoms with Gasteiger partial charge < -0.3 is 9.92 Å². The van der Waals surface area contributed by atoms with Gasteiger partial charge in [-0.15, -0.1) is 0 Å². The van der Waals surface area contributed by atoms with E-state index in [2.05, 4.69) is 4.98 Å². The Bertz CT molecular complexity index is 1090. The highest BCUT2D eigenvalue weighted by Gasteiger charge is 2.22. The number of hydrogen-bond donors (Lipinski definition) is 1. The standard InChI is InChI=1S/C16H10ClIN2O4S/c17-12-8-13(18)15(14-11(12)2-1-7-20-14)24-25(22,23)10-5-3-9(4-6-10)16(19)21/h1-8H,(H2,19,21). The van der Waals surface area contributed by atoms with Crippen molar-refractivity contribution in [2.45, 2.75) is 4.90 Å². The normalized spacial score (nSPS) is 11.4. The van der Waals surface area contributed by atoms with Crippen molar-refractivity contribution in [3.05, 3.63) is 62.8 Å². The van der Waals surface area contributed by atoms with E-state index in [9.17, 15) is 13.2 Å². The van der Waals surface area contributed by atoms with Crippen LogP contribution in [0.25, 0.3) is 10.9 Å². The quantitative estimate of drug-likeness (QED) is 0.448. The average molecular weight is 489 g/mol. The Morgan fingerprint density at radius 2 is 1.88 bits per heavy atom. The van der Waals surface area contributed by atoms with Gasteiger partial charge in [-0.3, -0.25) is 9.78 Å². The number of benzene rings is 2. The maximum atomic E-state index is 12.6. The van der Waals surface area contributed by atoms with E-state index in [0.29, 0.717) is 19.5 Å². The molecular formula is C16H10ClIN2O4S. The van der Waals surface area contributed by atoms with Crippen LogP contribution in [-0.2, 0) is 10.1 Å². The molecule has 0 aliphatic carbocycles. The van der Waals surface area contributed by atoms with Gasteiger partial charge in [0.15, 0.2) is 5.75 Å². The molecule has 128 valence electrons. The summed E-state index contributed by atoms with van der Waals surface area (Å²) in [5.41, 5.74) is 5.70. The van der Waals surface area contributed by atoms with Crippen molar-refractivity contribution in [3.8, 4) is 5.75 Å². The van der Waals surface area contributed by atoms with Gasteiger partial charge in [-0.1, -0.05) is 11.6 Å². The molecule has 6 nitrogen and oxygen atoms in total. The zero-order valence-corrected chi connectivity index (χ0v) is 16.2. The van der Waals surface area contributed by atoms with Crippen LogP contribution in [0.1, 0.15) is 10.4 Å². The lowest BCUT2D eigenvalue weighted by atomic mass is 10.2. The van der Waals surface area contributed by atoms with Crippen molar-refractivity contribution in [2.75, 3.05) is 0 Å². The Morgan fingerprint density at radius 1 is 1.20 bits per heavy atom. The van der Waals surface area contributed by atoms with Gasteiger partial charge >= 0.3 is 10.1 Å². The maximum absolute atomic E-state index is 12.6. The molecule has 25 heavy (non-hydrogen) atoms. The molecule has 0 atom stereocenters. The number of amides is 1. The number of halogens is 2. The van der Waals surface area contributed by atoms with Gasteiger partial charge in [0.05, 0.1) is 8.59 Å². The van der Waals surface area contributed by atoms with E-state index in [1.807, 2.05) is 22.6 Å². The highest BCUT2D eigenvalue weighted by atomic mass is 127. The second-order valence-electron chi connectivity index (χ2n) is 4.99. The van der Waals surface area contributed by atoms with Crippen molar-refractivity contribution >= 4 is 61.1 Å². The van der Waals surface area contributed by atoms with Crippen LogP contribution >= 0.6 is 34.2 Å². The fourth-order valence-electron chi connectivity index (χ4n) is 2.17. The third-order valence-electron chi connectivity index (χ3n) is 3.37. The molecule has 9 heteroatoms. The first-order valence-electron chi connectivity index (χ1n) is 6.86. The zero-order valence-electron chi connectivity index (χ0n) is 12.4. The van der Waals surface area contributed by atoms with Crippen LogP contribution in [-0.4, -0.2) is 19.3 Å². The summed E-state index contributed by atoms with van der Waals surface area (Å²) >= 11 is 8.11. The summed E-state index contributed by atoms with van der Waals surface area (Å²) in [6.07, 6.45) is 1.52. The molecule has 1 amide bonds. The molecule has 2 N–H and O–H groups in total. The Kier molecular flexibility index (Phi) is 4.85. The summed E-state index contributed by atoms with van der Waals surface area (Å²) in [7, 11) is -4.12. The number of carbonyl (C=O) groups is 1. The number of primary amides is 1. The van der Waals surface area contributed by atoms with E-state index in [-0.39, 0.29) is 16.2 Å². The molecule has 2 aromatic carbocycles. The number of carbonyl (C=O) groups excluding carboxylic acids is 1. The van der Waals surface area contributed by atoms with E-state index >= 15 is 0 Å². The molecule has 3 aromatic rings. The number of aromatic nitrogens is 1. The van der Waals surface area contributed by atoms with Crippen LogP contribution in [0.4, 0.5) is 0 Å². The number of fused-ring (bicyclic) bond motifs is 1. The summed E-state index contributed by atoms with van der Waals surface area (Å²) in [4.78, 5) is 15.2. The summed E-state index contributed by atoms with van der Waals surface area (Å²) in [5.74, 6) is -0.549. The van der Waals surface area contributed by atoms with Crippen LogP contribution < -0.4 is 9.92 Å². The summed E-state index contributed by atoms with van der Waals surface area (Å²) < 4.78 is 30.9. The Balaban J connectivity index is 2.07. The first kappa shape index (κ1) is 17.9. The Labute approximate surface area is 162 Å². The molecule has 0 radical (unpaired) electrons. The third-order valence-corrected chi connectivity index (χ3v) is 5.72. The van der Waals surface area contributed by atoms with E-state index in [4.69, 9.17) is 21.5 Å². The monoisotopic (exact) mass is 488 g/mol. The molecule has 1 heterocycles. The van der Waals surface area contributed by atoms with Gasteiger partial charge in [0.1, 0.15) is 10.4 Å². The molecule has 0 saturated heterocycles. The number of pyridine rings is 1. The van der Waals surface area contributed by atoms with Gasteiger partial charge in [0, 0.05) is 17.1 Å². The lowest BCUT2D eigenvalue weighted by Crippen LogP contribution is -2.13. The molecular weight excluding hydrogens is 479 g/mol. The number of rotatable bonds is 4. The predicted octanol–water partition coefficient (Wildman–Crippen LogP) is 3.36. The van der Waals surface area contributed by atoms with Gasteiger partial charge in [0.2, 0.25) is 5.91 Å². The second kappa shape index (κ2) is 6.77. The van der Waals surface area contributed by atoms with Crippen molar-refractivity contribution in [1.82, 2.24) is 4.98 Å². The molecule has 1 aromatic heterocycles. The number of hydrogen-bond acceptors (Lipinski definition) is 5. The molecule has 0 saturated carbocycles. The summed E-state index contributed by atoms with van der Waals surface area (Å²) in [6.45, 7) is 0. The van der Waals surface area contributed by atoms with Crippen molar-refractivity contribution in [3.63, 3.8) is 0 Å². The molecule has 0 aliphatic rings. The van der Waals surface area contributed by atoms with Crippen LogP contribution in [0, 0.1) is 3.57 Å². The lowest BCUT2D eigenvalue weighted by Gasteiger charge is -2.12. The highest BCUT2D eigenvalue weighted by molar-refractivity contribution is 14.1.